The molecule has 0 radical (unpaired) electrons. The SMILES string of the molecule is COc1ccc(-c2nnsc2NC(=O)c2ccccc2CO)cc1. The summed E-state index contributed by atoms with van der Waals surface area (Å²) in [6.07, 6.45) is 0. The fraction of sp³-hybridized carbons (Fsp3) is 0.118. The molecular weight excluding hydrogens is 326 g/mol. The van der Waals surface area contributed by atoms with Crippen molar-refractivity contribution in [3.8, 4) is 17.0 Å². The number of carbonyl (C=O) groups excluding carboxylic acids is 1. The molecule has 0 fully saturated rings. The van der Waals surface area contributed by atoms with Crippen molar-refractivity contribution in [2.45, 2.75) is 6.61 Å². The van der Waals surface area contributed by atoms with Gasteiger partial charge < -0.3 is 15.2 Å². The number of amides is 1. The molecule has 6 nitrogen and oxygen atoms in total. The van der Waals surface area contributed by atoms with Gasteiger partial charge in [-0.1, -0.05) is 22.7 Å². The average Bonchev–Trinajstić information content (AvgIpc) is 3.09. The zero-order valence-electron chi connectivity index (χ0n) is 12.9. The topological polar surface area (TPSA) is 84.3 Å². The van der Waals surface area contributed by atoms with Gasteiger partial charge in [0.15, 0.2) is 0 Å². The highest BCUT2D eigenvalue weighted by molar-refractivity contribution is 7.10. The Bertz CT molecular complexity index is 846. The van der Waals surface area contributed by atoms with E-state index in [1.807, 2.05) is 24.3 Å². The molecule has 0 aliphatic heterocycles. The molecule has 0 aliphatic rings. The lowest BCUT2D eigenvalue weighted by Gasteiger charge is -2.08. The highest BCUT2D eigenvalue weighted by atomic mass is 32.1. The second-order valence-electron chi connectivity index (χ2n) is 4.95. The van der Waals surface area contributed by atoms with Crippen molar-refractivity contribution in [3.63, 3.8) is 0 Å². The molecule has 0 atom stereocenters. The van der Waals surface area contributed by atoms with Crippen LogP contribution in [-0.2, 0) is 6.61 Å². The van der Waals surface area contributed by atoms with Crippen LogP contribution in [0.15, 0.2) is 48.5 Å². The first kappa shape index (κ1) is 16.1. The Morgan fingerprint density at radius 3 is 2.67 bits per heavy atom. The van der Waals surface area contributed by atoms with Crippen LogP contribution in [0.1, 0.15) is 15.9 Å². The van der Waals surface area contributed by atoms with E-state index in [4.69, 9.17) is 4.74 Å². The van der Waals surface area contributed by atoms with Gasteiger partial charge in [0, 0.05) is 22.7 Å². The first-order valence-electron chi connectivity index (χ1n) is 7.20. The Kier molecular flexibility index (Phi) is 4.83. The summed E-state index contributed by atoms with van der Waals surface area (Å²) in [5.41, 5.74) is 2.42. The molecule has 1 heterocycles. The first-order valence-corrected chi connectivity index (χ1v) is 7.97. The molecule has 3 aromatic rings. The molecule has 0 aliphatic carbocycles. The molecule has 2 N–H and O–H groups in total. The van der Waals surface area contributed by atoms with Crippen LogP contribution in [0.5, 0.6) is 5.75 Å². The molecule has 122 valence electrons. The number of aliphatic hydroxyl groups is 1. The van der Waals surface area contributed by atoms with Crippen molar-refractivity contribution in [2.75, 3.05) is 12.4 Å². The number of hydrogen-bond donors (Lipinski definition) is 2. The largest absolute Gasteiger partial charge is 0.497 e. The molecule has 0 bridgehead atoms. The summed E-state index contributed by atoms with van der Waals surface area (Å²) in [7, 11) is 1.60. The number of benzene rings is 2. The summed E-state index contributed by atoms with van der Waals surface area (Å²) in [5, 5.41) is 16.8. The van der Waals surface area contributed by atoms with Gasteiger partial charge in [0.2, 0.25) is 0 Å². The lowest BCUT2D eigenvalue weighted by Crippen LogP contribution is -2.14. The monoisotopic (exact) mass is 341 g/mol. The lowest BCUT2D eigenvalue weighted by molar-refractivity contribution is 0.102. The van der Waals surface area contributed by atoms with E-state index in [9.17, 15) is 9.90 Å². The Balaban J connectivity index is 1.86. The Morgan fingerprint density at radius 2 is 1.96 bits per heavy atom. The van der Waals surface area contributed by atoms with Crippen LogP contribution in [0, 0.1) is 0 Å². The van der Waals surface area contributed by atoms with Crippen LogP contribution in [0.3, 0.4) is 0 Å². The zero-order chi connectivity index (χ0) is 16.9. The number of methoxy groups -OCH3 is 1. The lowest BCUT2D eigenvalue weighted by atomic mass is 10.1. The number of carbonyl (C=O) groups is 1. The van der Waals surface area contributed by atoms with Crippen molar-refractivity contribution in [1.82, 2.24) is 9.59 Å². The number of anilines is 1. The third-order valence-electron chi connectivity index (χ3n) is 3.51. The fourth-order valence-corrected chi connectivity index (χ4v) is 2.85. The first-order chi connectivity index (χ1) is 11.7. The maximum atomic E-state index is 12.5. The highest BCUT2D eigenvalue weighted by Gasteiger charge is 2.16. The Labute approximate surface area is 142 Å². The molecule has 1 aromatic heterocycles. The standard InChI is InChI=1S/C17H15N3O3S/c1-23-13-8-6-11(7-9-13)15-17(24-20-19-15)18-16(22)14-5-3-2-4-12(14)10-21/h2-9,21H,10H2,1H3,(H,18,22). The number of nitrogens with zero attached hydrogens (tertiary/aromatic N) is 2. The smallest absolute Gasteiger partial charge is 0.256 e. The van der Waals surface area contributed by atoms with E-state index in [-0.39, 0.29) is 12.5 Å². The molecule has 24 heavy (non-hydrogen) atoms. The molecule has 0 spiro atoms. The minimum atomic E-state index is -0.305. The molecule has 2 aromatic carbocycles. The van der Waals surface area contributed by atoms with Crippen molar-refractivity contribution >= 4 is 22.4 Å². The van der Waals surface area contributed by atoms with Gasteiger partial charge in [0.05, 0.1) is 13.7 Å². The summed E-state index contributed by atoms with van der Waals surface area (Å²) in [6.45, 7) is -0.199. The van der Waals surface area contributed by atoms with Gasteiger partial charge in [0.25, 0.3) is 5.91 Å². The van der Waals surface area contributed by atoms with E-state index in [1.54, 1.807) is 31.4 Å². The van der Waals surface area contributed by atoms with Gasteiger partial charge in [-0.2, -0.15) is 0 Å². The molecule has 0 unspecified atom stereocenters. The molecule has 0 saturated heterocycles. The summed E-state index contributed by atoms with van der Waals surface area (Å²) in [4.78, 5) is 12.5. The van der Waals surface area contributed by atoms with Crippen molar-refractivity contribution in [3.05, 3.63) is 59.7 Å². The third kappa shape index (κ3) is 3.27. The summed E-state index contributed by atoms with van der Waals surface area (Å²) in [5.74, 6) is 0.435. The quantitative estimate of drug-likeness (QED) is 0.745. The number of rotatable bonds is 5. The second kappa shape index (κ2) is 7.20. The number of hydrogen-bond acceptors (Lipinski definition) is 6. The molecule has 1 amide bonds. The van der Waals surface area contributed by atoms with E-state index in [1.165, 1.54) is 0 Å². The van der Waals surface area contributed by atoms with Gasteiger partial charge in [-0.15, -0.1) is 5.10 Å². The van der Waals surface area contributed by atoms with Crippen molar-refractivity contribution in [1.29, 1.82) is 0 Å². The fourth-order valence-electron chi connectivity index (χ4n) is 2.26. The minimum absolute atomic E-state index is 0.199. The van der Waals surface area contributed by atoms with Gasteiger partial charge in [-0.05, 0) is 35.9 Å². The van der Waals surface area contributed by atoms with Crippen LogP contribution in [0.2, 0.25) is 0 Å². The van der Waals surface area contributed by atoms with Gasteiger partial charge in [0.1, 0.15) is 16.4 Å². The van der Waals surface area contributed by atoms with E-state index in [0.717, 1.165) is 22.8 Å². The molecule has 3 rings (SSSR count). The number of nitrogens with one attached hydrogen (secondary N) is 1. The van der Waals surface area contributed by atoms with Gasteiger partial charge in [-0.25, -0.2) is 0 Å². The predicted molar refractivity (Wildman–Crippen MR) is 92.2 cm³/mol. The Morgan fingerprint density at radius 1 is 1.21 bits per heavy atom. The van der Waals surface area contributed by atoms with Crippen LogP contribution >= 0.6 is 11.5 Å². The van der Waals surface area contributed by atoms with Gasteiger partial charge in [-0.3, -0.25) is 4.79 Å². The van der Waals surface area contributed by atoms with E-state index in [2.05, 4.69) is 14.9 Å². The Hall–Kier alpha value is -2.77. The zero-order valence-corrected chi connectivity index (χ0v) is 13.7. The number of aliphatic hydroxyl groups excluding tert-OH is 1. The average molecular weight is 341 g/mol. The van der Waals surface area contributed by atoms with Crippen LogP contribution in [0.4, 0.5) is 5.00 Å². The molecule has 7 heteroatoms. The minimum Gasteiger partial charge on any atom is -0.497 e. The predicted octanol–water partition coefficient (Wildman–Crippen LogP) is 2.96. The van der Waals surface area contributed by atoms with Crippen LogP contribution in [-0.4, -0.2) is 27.7 Å². The van der Waals surface area contributed by atoms with E-state index >= 15 is 0 Å². The van der Waals surface area contributed by atoms with E-state index < -0.39 is 0 Å². The summed E-state index contributed by atoms with van der Waals surface area (Å²) >= 11 is 1.10. The van der Waals surface area contributed by atoms with Crippen LogP contribution in [0.25, 0.3) is 11.3 Å². The van der Waals surface area contributed by atoms with Crippen molar-refractivity contribution in [2.24, 2.45) is 0 Å². The van der Waals surface area contributed by atoms with Gasteiger partial charge >= 0.3 is 0 Å². The van der Waals surface area contributed by atoms with E-state index in [0.29, 0.717) is 21.8 Å². The maximum absolute atomic E-state index is 12.5. The summed E-state index contributed by atoms with van der Waals surface area (Å²) < 4.78 is 9.06. The second-order valence-corrected chi connectivity index (χ2v) is 5.70. The summed E-state index contributed by atoms with van der Waals surface area (Å²) in [6, 6.07) is 14.3. The molecular formula is C17H15N3O3S. The molecule has 0 saturated carbocycles. The third-order valence-corrected chi connectivity index (χ3v) is 4.15. The number of ether oxygens (including phenoxy) is 1. The van der Waals surface area contributed by atoms with Crippen molar-refractivity contribution < 1.29 is 14.6 Å². The number of aromatic nitrogens is 2. The van der Waals surface area contributed by atoms with Crippen LogP contribution < -0.4 is 10.1 Å². The highest BCUT2D eigenvalue weighted by Crippen LogP contribution is 2.30. The normalized spacial score (nSPS) is 10.4. The maximum Gasteiger partial charge on any atom is 0.256 e.